The molecule has 0 aliphatic heterocycles. The second kappa shape index (κ2) is 7.56. The molecule has 0 spiro atoms. The van der Waals surface area contributed by atoms with Crippen LogP contribution in [0.25, 0.3) is 0 Å². The number of carbonyl (C=O) groups excluding carboxylic acids is 2. The van der Waals surface area contributed by atoms with Crippen LogP contribution < -0.4 is 0 Å². The maximum absolute atomic E-state index is 11.3. The smallest absolute Gasteiger partial charge is 0.133 e. The quantitative estimate of drug-likeness (QED) is 0.515. The zero-order chi connectivity index (χ0) is 15.3. The van der Waals surface area contributed by atoms with E-state index in [4.69, 9.17) is 0 Å². The summed E-state index contributed by atoms with van der Waals surface area (Å²) in [5, 5.41) is 0. The Bertz CT molecular complexity index is 386. The van der Waals surface area contributed by atoms with Crippen molar-refractivity contribution >= 4 is 12.1 Å². The molecule has 0 heterocycles. The minimum absolute atomic E-state index is 0.0323. The average molecular weight is 276 g/mol. The molecule has 0 bridgehead atoms. The summed E-state index contributed by atoms with van der Waals surface area (Å²) in [6.45, 7) is 12.1. The van der Waals surface area contributed by atoms with E-state index in [9.17, 15) is 9.59 Å². The Morgan fingerprint density at radius 2 is 2.15 bits per heavy atom. The van der Waals surface area contributed by atoms with Crippen LogP contribution in [0, 0.1) is 29.6 Å². The van der Waals surface area contributed by atoms with Gasteiger partial charge in [-0.2, -0.15) is 0 Å². The zero-order valence-electron chi connectivity index (χ0n) is 13.3. The highest BCUT2D eigenvalue weighted by molar-refractivity contribution is 5.78. The third-order valence-electron chi connectivity index (χ3n) is 5.01. The van der Waals surface area contributed by atoms with Gasteiger partial charge < -0.3 is 4.79 Å². The molecule has 1 aliphatic rings. The van der Waals surface area contributed by atoms with Gasteiger partial charge in [-0.05, 0) is 43.4 Å². The van der Waals surface area contributed by atoms with Gasteiger partial charge in [0, 0.05) is 12.3 Å². The van der Waals surface area contributed by atoms with Crippen molar-refractivity contribution in [2.45, 2.75) is 47.0 Å². The molecule has 1 rings (SSSR count). The van der Waals surface area contributed by atoms with Crippen LogP contribution in [0.15, 0.2) is 24.3 Å². The monoisotopic (exact) mass is 276 g/mol. The Morgan fingerprint density at radius 1 is 1.50 bits per heavy atom. The number of carbonyl (C=O) groups is 2. The molecule has 112 valence electrons. The van der Waals surface area contributed by atoms with E-state index in [-0.39, 0.29) is 11.7 Å². The standard InChI is InChI=1S/C18H28O2/c1-6-16(11-19)9-12(2)18-8-7-17(10-13(3)20)14(4)15(18)5/h6-7,11-12,14-16,18H,1,8-10H2,2-5H3. The van der Waals surface area contributed by atoms with E-state index in [2.05, 4.69) is 33.4 Å². The van der Waals surface area contributed by atoms with Crippen LogP contribution in [0.2, 0.25) is 0 Å². The molecule has 0 N–H and O–H groups in total. The normalized spacial score (nSPS) is 29.2. The van der Waals surface area contributed by atoms with Gasteiger partial charge in [0.2, 0.25) is 0 Å². The molecule has 5 unspecified atom stereocenters. The Kier molecular flexibility index (Phi) is 6.38. The van der Waals surface area contributed by atoms with Crippen molar-refractivity contribution in [1.29, 1.82) is 0 Å². The number of Topliss-reactive ketones (excluding diaryl/α,β-unsaturated/α-hetero) is 1. The van der Waals surface area contributed by atoms with Gasteiger partial charge in [0.25, 0.3) is 0 Å². The average Bonchev–Trinajstić information content (AvgIpc) is 2.40. The van der Waals surface area contributed by atoms with Crippen molar-refractivity contribution in [3.05, 3.63) is 24.3 Å². The van der Waals surface area contributed by atoms with E-state index in [0.29, 0.717) is 30.1 Å². The number of hydrogen-bond donors (Lipinski definition) is 0. The molecular formula is C18H28O2. The summed E-state index contributed by atoms with van der Waals surface area (Å²) in [7, 11) is 0. The van der Waals surface area contributed by atoms with E-state index in [1.807, 2.05) is 0 Å². The molecular weight excluding hydrogens is 248 g/mol. The summed E-state index contributed by atoms with van der Waals surface area (Å²) in [4.78, 5) is 22.3. The summed E-state index contributed by atoms with van der Waals surface area (Å²) in [5.74, 6) is 2.31. The van der Waals surface area contributed by atoms with Crippen LogP contribution in [0.5, 0.6) is 0 Å². The highest BCUT2D eigenvalue weighted by atomic mass is 16.1. The van der Waals surface area contributed by atoms with Gasteiger partial charge in [-0.25, -0.2) is 0 Å². The van der Waals surface area contributed by atoms with Gasteiger partial charge in [-0.1, -0.05) is 38.5 Å². The van der Waals surface area contributed by atoms with E-state index in [1.165, 1.54) is 5.57 Å². The first-order valence-electron chi connectivity index (χ1n) is 7.66. The Labute approximate surface area is 123 Å². The predicted molar refractivity (Wildman–Crippen MR) is 83.3 cm³/mol. The molecule has 0 saturated heterocycles. The van der Waals surface area contributed by atoms with Crippen LogP contribution in [0.3, 0.4) is 0 Å². The summed E-state index contributed by atoms with van der Waals surface area (Å²) < 4.78 is 0. The molecule has 0 radical (unpaired) electrons. The molecule has 0 aromatic carbocycles. The lowest BCUT2D eigenvalue weighted by atomic mass is 9.67. The lowest BCUT2D eigenvalue weighted by Crippen LogP contribution is -2.30. The number of hydrogen-bond acceptors (Lipinski definition) is 2. The predicted octanol–water partition coefficient (Wildman–Crippen LogP) is 4.21. The molecule has 0 aromatic rings. The largest absolute Gasteiger partial charge is 0.303 e. The SMILES string of the molecule is C=CC(C=O)CC(C)C1CC=C(CC(C)=O)C(C)C1C. The molecule has 0 amide bonds. The second-order valence-electron chi connectivity index (χ2n) is 6.45. The van der Waals surface area contributed by atoms with Crippen molar-refractivity contribution < 1.29 is 9.59 Å². The zero-order valence-corrected chi connectivity index (χ0v) is 13.3. The van der Waals surface area contributed by atoms with Crippen molar-refractivity contribution in [1.82, 2.24) is 0 Å². The van der Waals surface area contributed by atoms with Gasteiger partial charge in [0.15, 0.2) is 0 Å². The van der Waals surface area contributed by atoms with Gasteiger partial charge in [0.05, 0.1) is 0 Å². The number of allylic oxidation sites excluding steroid dienone is 3. The summed E-state index contributed by atoms with van der Waals surface area (Å²) >= 11 is 0. The van der Waals surface area contributed by atoms with Crippen molar-refractivity contribution in [3.8, 4) is 0 Å². The van der Waals surface area contributed by atoms with E-state index < -0.39 is 0 Å². The third kappa shape index (κ3) is 4.16. The first kappa shape index (κ1) is 16.9. The van der Waals surface area contributed by atoms with E-state index in [0.717, 1.165) is 19.1 Å². The lowest BCUT2D eigenvalue weighted by molar-refractivity contribution is -0.116. The fraction of sp³-hybridized carbons (Fsp3) is 0.667. The Hall–Kier alpha value is -1.18. The highest BCUT2D eigenvalue weighted by Crippen LogP contribution is 2.41. The fourth-order valence-corrected chi connectivity index (χ4v) is 3.48. The van der Waals surface area contributed by atoms with Gasteiger partial charge in [-0.3, -0.25) is 4.79 Å². The minimum Gasteiger partial charge on any atom is -0.303 e. The van der Waals surface area contributed by atoms with Crippen molar-refractivity contribution in [2.75, 3.05) is 0 Å². The number of aldehydes is 1. The fourth-order valence-electron chi connectivity index (χ4n) is 3.48. The van der Waals surface area contributed by atoms with Crippen LogP contribution in [-0.2, 0) is 9.59 Å². The maximum Gasteiger partial charge on any atom is 0.133 e. The van der Waals surface area contributed by atoms with Crippen LogP contribution in [0.1, 0.15) is 47.0 Å². The molecule has 0 aromatic heterocycles. The van der Waals surface area contributed by atoms with E-state index in [1.54, 1.807) is 13.0 Å². The topological polar surface area (TPSA) is 34.1 Å². The Balaban J connectivity index is 2.74. The molecule has 0 fully saturated rings. The maximum atomic E-state index is 11.3. The molecule has 20 heavy (non-hydrogen) atoms. The first-order chi connectivity index (χ1) is 9.40. The van der Waals surface area contributed by atoms with Crippen LogP contribution in [0.4, 0.5) is 0 Å². The number of ketones is 1. The molecule has 0 saturated carbocycles. The lowest BCUT2D eigenvalue weighted by Gasteiger charge is -2.38. The summed E-state index contributed by atoms with van der Waals surface area (Å²) in [5.41, 5.74) is 1.30. The first-order valence-corrected chi connectivity index (χ1v) is 7.66. The highest BCUT2D eigenvalue weighted by Gasteiger charge is 2.32. The molecule has 5 atom stereocenters. The summed E-state index contributed by atoms with van der Waals surface area (Å²) in [6.07, 6.45) is 7.50. The molecule has 1 aliphatic carbocycles. The van der Waals surface area contributed by atoms with Crippen LogP contribution >= 0.6 is 0 Å². The minimum atomic E-state index is -0.0323. The Morgan fingerprint density at radius 3 is 2.65 bits per heavy atom. The van der Waals surface area contributed by atoms with Crippen molar-refractivity contribution in [3.63, 3.8) is 0 Å². The van der Waals surface area contributed by atoms with Gasteiger partial charge >= 0.3 is 0 Å². The second-order valence-corrected chi connectivity index (χ2v) is 6.45. The number of rotatable bonds is 7. The summed E-state index contributed by atoms with van der Waals surface area (Å²) in [6, 6.07) is 0. The van der Waals surface area contributed by atoms with Gasteiger partial charge in [-0.15, -0.1) is 6.58 Å². The molecule has 2 nitrogen and oxygen atoms in total. The molecule has 2 heteroatoms. The van der Waals surface area contributed by atoms with Gasteiger partial charge in [0.1, 0.15) is 12.1 Å². The third-order valence-corrected chi connectivity index (χ3v) is 5.01. The van der Waals surface area contributed by atoms with E-state index >= 15 is 0 Å². The van der Waals surface area contributed by atoms with Crippen LogP contribution in [-0.4, -0.2) is 12.1 Å². The van der Waals surface area contributed by atoms with Crippen molar-refractivity contribution in [2.24, 2.45) is 29.6 Å².